The standard InChI is InChI=1S/C17H18BrFN2O3S/c1-3-16(17(22)20-15-10-9-12(18)11-14(15)19)21(25(2,23)24)13-7-5-4-6-8-13/h4-11,16H,3H2,1-2H3,(H,20,22)/t16-/m0/s1. The van der Waals surface area contributed by atoms with Crippen LogP contribution < -0.4 is 9.62 Å². The first-order valence-electron chi connectivity index (χ1n) is 7.54. The summed E-state index contributed by atoms with van der Waals surface area (Å²) in [5.41, 5.74) is 0.372. The quantitative estimate of drug-likeness (QED) is 0.761. The largest absolute Gasteiger partial charge is 0.322 e. The fraction of sp³-hybridized carbons (Fsp3) is 0.235. The summed E-state index contributed by atoms with van der Waals surface area (Å²) in [6.45, 7) is 1.70. The van der Waals surface area contributed by atoms with Crippen LogP contribution in [0.15, 0.2) is 53.0 Å². The Kier molecular flexibility index (Phi) is 6.18. The lowest BCUT2D eigenvalue weighted by molar-refractivity contribution is -0.117. The molecule has 0 aliphatic heterocycles. The highest BCUT2D eigenvalue weighted by molar-refractivity contribution is 9.10. The van der Waals surface area contributed by atoms with Crippen molar-refractivity contribution >= 4 is 43.2 Å². The molecular weight excluding hydrogens is 411 g/mol. The van der Waals surface area contributed by atoms with E-state index in [0.717, 1.165) is 10.6 Å². The van der Waals surface area contributed by atoms with Gasteiger partial charge in [-0.3, -0.25) is 9.10 Å². The molecule has 0 aromatic heterocycles. The third-order valence-electron chi connectivity index (χ3n) is 3.53. The van der Waals surface area contributed by atoms with E-state index in [4.69, 9.17) is 0 Å². The zero-order chi connectivity index (χ0) is 18.6. The molecule has 0 aliphatic rings. The molecule has 0 radical (unpaired) electrons. The van der Waals surface area contributed by atoms with Crippen LogP contribution in [0.2, 0.25) is 0 Å². The predicted molar refractivity (Wildman–Crippen MR) is 101 cm³/mol. The van der Waals surface area contributed by atoms with E-state index in [1.165, 1.54) is 12.1 Å². The van der Waals surface area contributed by atoms with Crippen molar-refractivity contribution in [2.75, 3.05) is 15.9 Å². The third-order valence-corrected chi connectivity index (χ3v) is 5.20. The van der Waals surface area contributed by atoms with E-state index in [1.807, 2.05) is 0 Å². The summed E-state index contributed by atoms with van der Waals surface area (Å²) in [5.74, 6) is -1.21. The molecule has 8 heteroatoms. The van der Waals surface area contributed by atoms with Crippen molar-refractivity contribution in [3.8, 4) is 0 Å². The van der Waals surface area contributed by atoms with E-state index < -0.39 is 27.8 Å². The van der Waals surface area contributed by atoms with Crippen molar-refractivity contribution in [1.29, 1.82) is 0 Å². The number of amides is 1. The van der Waals surface area contributed by atoms with E-state index >= 15 is 0 Å². The first kappa shape index (κ1) is 19.4. The molecule has 5 nitrogen and oxygen atoms in total. The molecule has 0 saturated heterocycles. The van der Waals surface area contributed by atoms with E-state index in [9.17, 15) is 17.6 Å². The molecule has 1 N–H and O–H groups in total. The average molecular weight is 429 g/mol. The minimum Gasteiger partial charge on any atom is -0.322 e. The SMILES string of the molecule is CC[C@@H](C(=O)Nc1ccc(Br)cc1F)N(c1ccccc1)S(C)(=O)=O. The number of nitrogens with zero attached hydrogens (tertiary/aromatic N) is 1. The molecule has 0 bridgehead atoms. The van der Waals surface area contributed by atoms with Gasteiger partial charge in [-0.25, -0.2) is 12.8 Å². The number of hydrogen-bond acceptors (Lipinski definition) is 3. The third kappa shape index (κ3) is 4.79. The number of nitrogens with one attached hydrogen (secondary N) is 1. The van der Waals surface area contributed by atoms with Gasteiger partial charge in [0, 0.05) is 4.47 Å². The van der Waals surface area contributed by atoms with Crippen molar-refractivity contribution in [3.05, 3.63) is 58.8 Å². The van der Waals surface area contributed by atoms with Crippen LogP contribution in [0.25, 0.3) is 0 Å². The van der Waals surface area contributed by atoms with E-state index in [0.29, 0.717) is 10.2 Å². The van der Waals surface area contributed by atoms with Gasteiger partial charge in [-0.05, 0) is 36.8 Å². The van der Waals surface area contributed by atoms with Crippen LogP contribution in [0.1, 0.15) is 13.3 Å². The fourth-order valence-corrected chi connectivity index (χ4v) is 3.99. The van der Waals surface area contributed by atoms with Crippen LogP contribution in [0.4, 0.5) is 15.8 Å². The molecule has 2 aromatic rings. The Balaban J connectivity index is 2.36. The monoisotopic (exact) mass is 428 g/mol. The average Bonchev–Trinajstić information content (AvgIpc) is 2.54. The lowest BCUT2D eigenvalue weighted by Crippen LogP contribution is -2.47. The summed E-state index contributed by atoms with van der Waals surface area (Å²) < 4.78 is 40.1. The summed E-state index contributed by atoms with van der Waals surface area (Å²) in [6.07, 6.45) is 1.27. The van der Waals surface area contributed by atoms with Crippen LogP contribution in [-0.2, 0) is 14.8 Å². The molecule has 0 spiro atoms. The van der Waals surface area contributed by atoms with E-state index in [1.54, 1.807) is 43.3 Å². The van der Waals surface area contributed by atoms with Crippen LogP contribution in [0, 0.1) is 5.82 Å². The summed E-state index contributed by atoms with van der Waals surface area (Å²) >= 11 is 3.14. The number of para-hydroxylation sites is 1. The molecule has 1 atom stereocenters. The van der Waals surface area contributed by atoms with Gasteiger partial charge in [-0.15, -0.1) is 0 Å². The number of anilines is 2. The van der Waals surface area contributed by atoms with Crippen LogP contribution in [0.3, 0.4) is 0 Å². The maximum absolute atomic E-state index is 14.0. The van der Waals surface area contributed by atoms with Gasteiger partial charge in [-0.2, -0.15) is 0 Å². The van der Waals surface area contributed by atoms with Gasteiger partial charge in [0.2, 0.25) is 15.9 Å². The van der Waals surface area contributed by atoms with Crippen LogP contribution >= 0.6 is 15.9 Å². The Hall–Kier alpha value is -1.93. The molecule has 1 amide bonds. The van der Waals surface area contributed by atoms with Crippen LogP contribution in [0.5, 0.6) is 0 Å². The molecule has 134 valence electrons. The maximum atomic E-state index is 14.0. The van der Waals surface area contributed by atoms with Gasteiger partial charge >= 0.3 is 0 Å². The Morgan fingerprint density at radius 1 is 1.24 bits per heavy atom. The highest BCUT2D eigenvalue weighted by atomic mass is 79.9. The Bertz CT molecular complexity index is 859. The minimum atomic E-state index is -3.71. The molecule has 0 aliphatic carbocycles. The number of benzene rings is 2. The first-order chi connectivity index (χ1) is 11.7. The summed E-state index contributed by atoms with van der Waals surface area (Å²) in [7, 11) is -3.71. The predicted octanol–water partition coefficient (Wildman–Crippen LogP) is 3.77. The number of sulfonamides is 1. The molecule has 2 rings (SSSR count). The molecule has 0 fully saturated rings. The summed E-state index contributed by atoms with van der Waals surface area (Å²) in [5, 5.41) is 2.47. The van der Waals surface area contributed by atoms with Gasteiger partial charge in [0.15, 0.2) is 0 Å². The van der Waals surface area contributed by atoms with Gasteiger partial charge in [0.1, 0.15) is 11.9 Å². The second kappa shape index (κ2) is 7.97. The van der Waals surface area contributed by atoms with Crippen molar-refractivity contribution in [1.82, 2.24) is 0 Å². The lowest BCUT2D eigenvalue weighted by Gasteiger charge is -2.30. The van der Waals surface area contributed by atoms with Crippen molar-refractivity contribution in [3.63, 3.8) is 0 Å². The molecule has 2 aromatic carbocycles. The Morgan fingerprint density at radius 2 is 1.88 bits per heavy atom. The minimum absolute atomic E-state index is 0.00633. The number of rotatable bonds is 6. The Labute approximate surface area is 155 Å². The highest BCUT2D eigenvalue weighted by Crippen LogP contribution is 2.24. The molecule has 0 heterocycles. The van der Waals surface area contributed by atoms with Gasteiger partial charge in [0.25, 0.3) is 0 Å². The van der Waals surface area contributed by atoms with Gasteiger partial charge < -0.3 is 5.32 Å². The maximum Gasteiger partial charge on any atom is 0.248 e. The highest BCUT2D eigenvalue weighted by Gasteiger charge is 2.31. The fourth-order valence-electron chi connectivity index (χ4n) is 2.44. The summed E-state index contributed by atoms with van der Waals surface area (Å²) in [4.78, 5) is 12.6. The van der Waals surface area contributed by atoms with Crippen molar-refractivity contribution in [2.24, 2.45) is 0 Å². The molecule has 25 heavy (non-hydrogen) atoms. The number of hydrogen-bond donors (Lipinski definition) is 1. The normalized spacial score (nSPS) is 12.5. The molecule has 0 saturated carbocycles. The smallest absolute Gasteiger partial charge is 0.248 e. The second-order valence-corrected chi connectivity index (χ2v) is 8.21. The topological polar surface area (TPSA) is 66.5 Å². The number of carbonyl (C=O) groups is 1. The Morgan fingerprint density at radius 3 is 2.40 bits per heavy atom. The van der Waals surface area contributed by atoms with Crippen molar-refractivity contribution in [2.45, 2.75) is 19.4 Å². The van der Waals surface area contributed by atoms with Gasteiger partial charge in [-0.1, -0.05) is 41.1 Å². The zero-order valence-corrected chi connectivity index (χ0v) is 16.1. The second-order valence-electron chi connectivity index (χ2n) is 5.43. The first-order valence-corrected chi connectivity index (χ1v) is 10.2. The molecular formula is C17H18BrFN2O3S. The zero-order valence-electron chi connectivity index (χ0n) is 13.7. The van der Waals surface area contributed by atoms with E-state index in [2.05, 4.69) is 21.2 Å². The number of carbonyl (C=O) groups excluding carboxylic acids is 1. The molecule has 0 unspecified atom stereocenters. The summed E-state index contributed by atoms with van der Waals surface area (Å²) in [6, 6.07) is 11.6. The lowest BCUT2D eigenvalue weighted by atomic mass is 10.1. The number of halogens is 2. The van der Waals surface area contributed by atoms with Crippen LogP contribution in [-0.4, -0.2) is 26.6 Å². The van der Waals surface area contributed by atoms with E-state index in [-0.39, 0.29) is 12.1 Å². The van der Waals surface area contributed by atoms with Gasteiger partial charge in [0.05, 0.1) is 17.6 Å². The van der Waals surface area contributed by atoms with Crippen molar-refractivity contribution < 1.29 is 17.6 Å².